The standard InChI is InChI=1S/C14H27NO2S/c1-11-3-4-13(10-15-14-5-6-14)12(9-11)7-8-18(2,16)17/h11-15H,3-10H2,1-2H3. The van der Waals surface area contributed by atoms with E-state index in [1.807, 2.05) is 0 Å². The van der Waals surface area contributed by atoms with E-state index >= 15 is 0 Å². The fraction of sp³-hybridized carbons (Fsp3) is 1.00. The molecular weight excluding hydrogens is 246 g/mol. The first-order chi connectivity index (χ1) is 8.44. The van der Waals surface area contributed by atoms with Gasteiger partial charge < -0.3 is 5.32 Å². The Morgan fingerprint density at radius 1 is 1.11 bits per heavy atom. The molecule has 2 saturated carbocycles. The lowest BCUT2D eigenvalue weighted by molar-refractivity contribution is 0.180. The van der Waals surface area contributed by atoms with Crippen molar-refractivity contribution in [3.8, 4) is 0 Å². The Morgan fingerprint density at radius 3 is 2.44 bits per heavy atom. The van der Waals surface area contributed by atoms with Gasteiger partial charge in [0.25, 0.3) is 0 Å². The maximum atomic E-state index is 11.3. The predicted octanol–water partition coefficient (Wildman–Crippen LogP) is 2.23. The maximum absolute atomic E-state index is 11.3. The monoisotopic (exact) mass is 273 g/mol. The van der Waals surface area contributed by atoms with E-state index in [0.717, 1.165) is 24.9 Å². The summed E-state index contributed by atoms with van der Waals surface area (Å²) in [5.41, 5.74) is 0. The molecule has 2 rings (SSSR count). The molecule has 0 radical (unpaired) electrons. The molecule has 2 aliphatic carbocycles. The second-order valence-electron chi connectivity index (χ2n) is 6.54. The topological polar surface area (TPSA) is 46.2 Å². The summed E-state index contributed by atoms with van der Waals surface area (Å²) in [5, 5.41) is 3.62. The highest BCUT2D eigenvalue weighted by molar-refractivity contribution is 7.90. The highest BCUT2D eigenvalue weighted by atomic mass is 32.2. The van der Waals surface area contributed by atoms with Crippen molar-refractivity contribution in [2.45, 2.75) is 51.5 Å². The van der Waals surface area contributed by atoms with E-state index in [1.165, 1.54) is 38.4 Å². The third-order valence-corrected chi connectivity index (χ3v) is 5.48. The molecule has 2 fully saturated rings. The van der Waals surface area contributed by atoms with Crippen LogP contribution in [-0.4, -0.2) is 33.0 Å². The molecule has 0 saturated heterocycles. The van der Waals surface area contributed by atoms with Gasteiger partial charge in [-0.15, -0.1) is 0 Å². The number of hydrogen-bond acceptors (Lipinski definition) is 3. The molecule has 0 aromatic carbocycles. The molecule has 0 aromatic heterocycles. The van der Waals surface area contributed by atoms with Crippen molar-refractivity contribution in [1.29, 1.82) is 0 Å². The van der Waals surface area contributed by atoms with E-state index in [9.17, 15) is 8.42 Å². The average Bonchev–Trinajstić information content (AvgIpc) is 3.08. The molecule has 0 bridgehead atoms. The summed E-state index contributed by atoms with van der Waals surface area (Å²) >= 11 is 0. The van der Waals surface area contributed by atoms with Gasteiger partial charge in [0.05, 0.1) is 5.75 Å². The van der Waals surface area contributed by atoms with E-state index in [1.54, 1.807) is 0 Å². The molecule has 2 aliphatic rings. The lowest BCUT2D eigenvalue weighted by Crippen LogP contribution is -2.34. The second-order valence-corrected chi connectivity index (χ2v) is 8.80. The fourth-order valence-electron chi connectivity index (χ4n) is 3.15. The summed E-state index contributed by atoms with van der Waals surface area (Å²) < 4.78 is 22.6. The quantitative estimate of drug-likeness (QED) is 0.807. The molecule has 106 valence electrons. The summed E-state index contributed by atoms with van der Waals surface area (Å²) in [5.74, 6) is 2.44. The number of rotatable bonds is 6. The Kier molecular flexibility index (Phi) is 4.70. The van der Waals surface area contributed by atoms with Crippen molar-refractivity contribution in [3.63, 3.8) is 0 Å². The molecule has 0 aliphatic heterocycles. The van der Waals surface area contributed by atoms with Crippen molar-refractivity contribution >= 4 is 9.84 Å². The van der Waals surface area contributed by atoms with Crippen LogP contribution in [0.4, 0.5) is 0 Å². The van der Waals surface area contributed by atoms with Crippen LogP contribution in [0.3, 0.4) is 0 Å². The summed E-state index contributed by atoms with van der Waals surface area (Å²) in [6.07, 6.45) is 8.68. The van der Waals surface area contributed by atoms with Gasteiger partial charge in [-0.25, -0.2) is 8.42 Å². The van der Waals surface area contributed by atoms with Gasteiger partial charge in [0.2, 0.25) is 0 Å². The maximum Gasteiger partial charge on any atom is 0.147 e. The average molecular weight is 273 g/mol. The minimum Gasteiger partial charge on any atom is -0.314 e. The zero-order valence-corrected chi connectivity index (χ0v) is 12.5. The molecule has 0 spiro atoms. The van der Waals surface area contributed by atoms with Gasteiger partial charge in [0, 0.05) is 12.3 Å². The van der Waals surface area contributed by atoms with E-state index in [0.29, 0.717) is 17.6 Å². The molecule has 1 N–H and O–H groups in total. The lowest BCUT2D eigenvalue weighted by Gasteiger charge is -2.35. The van der Waals surface area contributed by atoms with Crippen LogP contribution in [0.25, 0.3) is 0 Å². The van der Waals surface area contributed by atoms with Crippen LogP contribution in [0, 0.1) is 17.8 Å². The van der Waals surface area contributed by atoms with E-state index in [-0.39, 0.29) is 0 Å². The minimum absolute atomic E-state index is 0.365. The van der Waals surface area contributed by atoms with E-state index in [2.05, 4.69) is 12.2 Å². The second kappa shape index (κ2) is 5.91. The van der Waals surface area contributed by atoms with Crippen LogP contribution in [0.5, 0.6) is 0 Å². The summed E-state index contributed by atoms with van der Waals surface area (Å²) in [6.45, 7) is 3.41. The molecule has 3 nitrogen and oxygen atoms in total. The van der Waals surface area contributed by atoms with E-state index in [4.69, 9.17) is 0 Å². The van der Waals surface area contributed by atoms with Crippen molar-refractivity contribution in [2.24, 2.45) is 17.8 Å². The predicted molar refractivity (Wildman–Crippen MR) is 75.3 cm³/mol. The van der Waals surface area contributed by atoms with Gasteiger partial charge in [0.15, 0.2) is 0 Å². The number of sulfone groups is 1. The summed E-state index contributed by atoms with van der Waals surface area (Å²) in [4.78, 5) is 0. The Balaban J connectivity index is 1.83. The van der Waals surface area contributed by atoms with Gasteiger partial charge in [0.1, 0.15) is 9.84 Å². The SMILES string of the molecule is CC1CCC(CNC2CC2)C(CCS(C)(=O)=O)C1. The highest BCUT2D eigenvalue weighted by Gasteiger charge is 2.30. The normalized spacial score (nSPS) is 33.6. The first kappa shape index (κ1) is 14.3. The van der Waals surface area contributed by atoms with Crippen molar-refractivity contribution in [1.82, 2.24) is 5.32 Å². The van der Waals surface area contributed by atoms with Crippen molar-refractivity contribution in [2.75, 3.05) is 18.6 Å². The van der Waals surface area contributed by atoms with Crippen LogP contribution in [-0.2, 0) is 9.84 Å². The lowest BCUT2D eigenvalue weighted by atomic mass is 9.73. The molecule has 0 aromatic rings. The Morgan fingerprint density at radius 2 is 1.83 bits per heavy atom. The van der Waals surface area contributed by atoms with Crippen LogP contribution >= 0.6 is 0 Å². The van der Waals surface area contributed by atoms with Crippen molar-refractivity contribution in [3.05, 3.63) is 0 Å². The van der Waals surface area contributed by atoms with E-state index < -0.39 is 9.84 Å². The smallest absolute Gasteiger partial charge is 0.147 e. The minimum atomic E-state index is -2.80. The van der Waals surface area contributed by atoms with Crippen LogP contribution in [0.1, 0.15) is 45.4 Å². The molecule has 18 heavy (non-hydrogen) atoms. The summed E-state index contributed by atoms with van der Waals surface area (Å²) in [6, 6.07) is 0.764. The third-order valence-electron chi connectivity index (χ3n) is 4.51. The molecule has 0 amide bonds. The highest BCUT2D eigenvalue weighted by Crippen LogP contribution is 2.36. The van der Waals surface area contributed by atoms with Gasteiger partial charge in [-0.05, 0) is 56.4 Å². The van der Waals surface area contributed by atoms with Gasteiger partial charge in [-0.3, -0.25) is 0 Å². The Bertz CT molecular complexity index is 362. The zero-order valence-electron chi connectivity index (χ0n) is 11.7. The number of nitrogens with one attached hydrogen (secondary N) is 1. The van der Waals surface area contributed by atoms with Gasteiger partial charge in [-0.1, -0.05) is 13.3 Å². The molecule has 0 heterocycles. The third kappa shape index (κ3) is 4.88. The Hall–Kier alpha value is -0.0900. The zero-order chi connectivity index (χ0) is 13.2. The van der Waals surface area contributed by atoms with Gasteiger partial charge >= 0.3 is 0 Å². The molecule has 3 atom stereocenters. The molecule has 4 heteroatoms. The first-order valence-corrected chi connectivity index (χ1v) is 9.41. The van der Waals surface area contributed by atoms with Crippen LogP contribution in [0.15, 0.2) is 0 Å². The molecule has 3 unspecified atom stereocenters. The first-order valence-electron chi connectivity index (χ1n) is 7.35. The van der Waals surface area contributed by atoms with Crippen molar-refractivity contribution < 1.29 is 8.42 Å². The summed E-state index contributed by atoms with van der Waals surface area (Å²) in [7, 11) is -2.80. The van der Waals surface area contributed by atoms with Gasteiger partial charge in [-0.2, -0.15) is 0 Å². The Labute approximate surface area is 112 Å². The molecular formula is C14H27NO2S. The number of hydrogen-bond donors (Lipinski definition) is 1. The van der Waals surface area contributed by atoms with Crippen LogP contribution < -0.4 is 5.32 Å². The van der Waals surface area contributed by atoms with Crippen LogP contribution in [0.2, 0.25) is 0 Å². The largest absolute Gasteiger partial charge is 0.314 e. The fourth-order valence-corrected chi connectivity index (χ4v) is 3.89.